The van der Waals surface area contributed by atoms with Gasteiger partial charge in [-0.15, -0.1) is 0 Å². The van der Waals surface area contributed by atoms with Crippen molar-refractivity contribution in [3.63, 3.8) is 0 Å². The van der Waals surface area contributed by atoms with Crippen LogP contribution >= 0.6 is 0 Å². The highest BCUT2D eigenvalue weighted by atomic mass is 16.5. The Morgan fingerprint density at radius 2 is 1.90 bits per heavy atom. The van der Waals surface area contributed by atoms with E-state index in [9.17, 15) is 0 Å². The van der Waals surface area contributed by atoms with E-state index < -0.39 is 0 Å². The molecule has 1 fully saturated rings. The minimum Gasteiger partial charge on any atom is -0.489 e. The van der Waals surface area contributed by atoms with Crippen LogP contribution in [0.3, 0.4) is 0 Å². The molecule has 0 heterocycles. The van der Waals surface area contributed by atoms with Gasteiger partial charge in [0.2, 0.25) is 0 Å². The second kappa shape index (κ2) is 6.62. The summed E-state index contributed by atoms with van der Waals surface area (Å²) in [7, 11) is 0. The van der Waals surface area contributed by atoms with Crippen molar-refractivity contribution < 1.29 is 4.74 Å². The lowest BCUT2D eigenvalue weighted by Gasteiger charge is -2.41. The number of benzene rings is 1. The summed E-state index contributed by atoms with van der Waals surface area (Å²) in [5.41, 5.74) is 1.75. The molecule has 2 heteroatoms. The topological polar surface area (TPSA) is 21.3 Å². The van der Waals surface area contributed by atoms with Crippen molar-refractivity contribution in [2.75, 3.05) is 6.54 Å². The molecule has 1 aliphatic rings. The average molecular weight is 275 g/mol. The maximum Gasteiger partial charge on any atom is 0.119 e. The first-order valence-electron chi connectivity index (χ1n) is 8.03. The van der Waals surface area contributed by atoms with Crippen LogP contribution in [0.2, 0.25) is 0 Å². The maximum atomic E-state index is 6.29. The smallest absolute Gasteiger partial charge is 0.119 e. The zero-order valence-electron chi connectivity index (χ0n) is 13.4. The summed E-state index contributed by atoms with van der Waals surface area (Å²) in [5, 5.41) is 3.59. The number of hydrogen-bond donors (Lipinski definition) is 1. The molecule has 112 valence electrons. The molecule has 0 amide bonds. The molecular formula is C18H29NO. The maximum absolute atomic E-state index is 6.29. The van der Waals surface area contributed by atoms with Crippen LogP contribution in [-0.2, 0) is 6.42 Å². The van der Waals surface area contributed by atoms with Crippen LogP contribution in [0, 0.1) is 5.41 Å². The van der Waals surface area contributed by atoms with Crippen LogP contribution in [0.5, 0.6) is 5.75 Å². The van der Waals surface area contributed by atoms with Crippen molar-refractivity contribution in [1.82, 2.24) is 5.32 Å². The van der Waals surface area contributed by atoms with E-state index in [0.29, 0.717) is 11.5 Å². The standard InChI is InChI=1S/C18H29NO/c1-5-14-7-9-15(10-8-14)20-17-13-18(3,4)12-11-16(17)19-6-2/h7-10,16-17,19H,5-6,11-13H2,1-4H3. The summed E-state index contributed by atoms with van der Waals surface area (Å²) in [6, 6.07) is 9.06. The van der Waals surface area contributed by atoms with Crippen molar-refractivity contribution in [3.8, 4) is 5.75 Å². The summed E-state index contributed by atoms with van der Waals surface area (Å²) in [6.45, 7) is 10.1. The Morgan fingerprint density at radius 3 is 2.50 bits per heavy atom. The fourth-order valence-electron chi connectivity index (χ4n) is 3.12. The van der Waals surface area contributed by atoms with E-state index in [1.807, 2.05) is 0 Å². The zero-order chi connectivity index (χ0) is 14.6. The minimum absolute atomic E-state index is 0.283. The second-order valence-corrected chi connectivity index (χ2v) is 6.72. The lowest BCUT2D eigenvalue weighted by atomic mass is 9.74. The van der Waals surface area contributed by atoms with Crippen molar-refractivity contribution >= 4 is 0 Å². The van der Waals surface area contributed by atoms with E-state index in [1.54, 1.807) is 0 Å². The summed E-state index contributed by atoms with van der Waals surface area (Å²) >= 11 is 0. The molecule has 2 atom stereocenters. The number of hydrogen-bond acceptors (Lipinski definition) is 2. The van der Waals surface area contributed by atoms with Gasteiger partial charge in [-0.2, -0.15) is 0 Å². The van der Waals surface area contributed by atoms with E-state index >= 15 is 0 Å². The first-order valence-corrected chi connectivity index (χ1v) is 8.03. The third-order valence-electron chi connectivity index (χ3n) is 4.42. The highest BCUT2D eigenvalue weighted by Crippen LogP contribution is 2.37. The minimum atomic E-state index is 0.283. The van der Waals surface area contributed by atoms with Crippen molar-refractivity contribution in [3.05, 3.63) is 29.8 Å². The molecule has 20 heavy (non-hydrogen) atoms. The molecule has 1 aliphatic carbocycles. The van der Waals surface area contributed by atoms with Crippen molar-refractivity contribution in [1.29, 1.82) is 0 Å². The van der Waals surface area contributed by atoms with Gasteiger partial charge in [-0.1, -0.05) is 39.8 Å². The van der Waals surface area contributed by atoms with E-state index in [4.69, 9.17) is 4.74 Å². The van der Waals surface area contributed by atoms with E-state index in [0.717, 1.165) is 25.1 Å². The van der Waals surface area contributed by atoms with Crippen LogP contribution in [0.25, 0.3) is 0 Å². The van der Waals surface area contributed by atoms with Gasteiger partial charge in [0.05, 0.1) is 0 Å². The molecule has 0 radical (unpaired) electrons. The normalized spacial score (nSPS) is 25.4. The molecule has 2 rings (SSSR count). The monoisotopic (exact) mass is 275 g/mol. The number of ether oxygens (including phenoxy) is 1. The highest BCUT2D eigenvalue weighted by Gasteiger charge is 2.35. The van der Waals surface area contributed by atoms with Gasteiger partial charge in [0.15, 0.2) is 0 Å². The second-order valence-electron chi connectivity index (χ2n) is 6.72. The van der Waals surface area contributed by atoms with Crippen LogP contribution in [0.1, 0.15) is 52.5 Å². The third kappa shape index (κ3) is 3.99. The number of rotatable bonds is 5. The Bertz CT molecular complexity index is 410. The molecule has 0 aliphatic heterocycles. The molecule has 1 aromatic carbocycles. The lowest BCUT2D eigenvalue weighted by Crippen LogP contribution is -2.49. The van der Waals surface area contributed by atoms with Gasteiger partial charge >= 0.3 is 0 Å². The van der Waals surface area contributed by atoms with Gasteiger partial charge in [0, 0.05) is 6.04 Å². The Morgan fingerprint density at radius 1 is 1.20 bits per heavy atom. The Labute approximate surface area is 123 Å². The molecule has 2 nitrogen and oxygen atoms in total. The quantitative estimate of drug-likeness (QED) is 0.870. The molecule has 1 aromatic rings. The fourth-order valence-corrected chi connectivity index (χ4v) is 3.12. The molecule has 2 unspecified atom stereocenters. The molecule has 0 bridgehead atoms. The lowest BCUT2D eigenvalue weighted by molar-refractivity contribution is 0.0536. The van der Waals surface area contributed by atoms with Gasteiger partial charge in [-0.05, 0) is 55.3 Å². The fraction of sp³-hybridized carbons (Fsp3) is 0.667. The number of aryl methyl sites for hydroxylation is 1. The zero-order valence-corrected chi connectivity index (χ0v) is 13.4. The van der Waals surface area contributed by atoms with Crippen molar-refractivity contribution in [2.24, 2.45) is 5.41 Å². The Kier molecular flexibility index (Phi) is 5.09. The summed E-state index contributed by atoms with van der Waals surface area (Å²) < 4.78 is 6.29. The van der Waals surface area contributed by atoms with Gasteiger partial charge < -0.3 is 10.1 Å². The summed E-state index contributed by atoms with van der Waals surface area (Å²) in [6.07, 6.45) is 4.97. The molecule has 0 saturated heterocycles. The average Bonchev–Trinajstić information content (AvgIpc) is 2.42. The van der Waals surface area contributed by atoms with Crippen LogP contribution in [0.4, 0.5) is 0 Å². The summed E-state index contributed by atoms with van der Waals surface area (Å²) in [4.78, 5) is 0. The van der Waals surface area contributed by atoms with Gasteiger partial charge in [0.1, 0.15) is 11.9 Å². The highest BCUT2D eigenvalue weighted by molar-refractivity contribution is 5.27. The van der Waals surface area contributed by atoms with Gasteiger partial charge in [-0.25, -0.2) is 0 Å². The SMILES string of the molecule is CCNC1CCC(C)(C)CC1Oc1ccc(CC)cc1. The largest absolute Gasteiger partial charge is 0.489 e. The molecular weight excluding hydrogens is 246 g/mol. The van der Waals surface area contributed by atoms with Crippen molar-refractivity contribution in [2.45, 2.75) is 65.5 Å². The van der Waals surface area contributed by atoms with Gasteiger partial charge in [-0.3, -0.25) is 0 Å². The third-order valence-corrected chi connectivity index (χ3v) is 4.42. The predicted octanol–water partition coefficient (Wildman–Crippen LogP) is 4.18. The van der Waals surface area contributed by atoms with Crippen LogP contribution < -0.4 is 10.1 Å². The first-order chi connectivity index (χ1) is 9.54. The number of nitrogens with one attached hydrogen (secondary N) is 1. The Hall–Kier alpha value is -1.02. The van der Waals surface area contributed by atoms with Crippen LogP contribution in [0.15, 0.2) is 24.3 Å². The molecule has 0 spiro atoms. The molecule has 1 saturated carbocycles. The van der Waals surface area contributed by atoms with E-state index in [-0.39, 0.29) is 6.10 Å². The van der Waals surface area contributed by atoms with Crippen LogP contribution in [-0.4, -0.2) is 18.7 Å². The Balaban J connectivity index is 2.05. The first kappa shape index (κ1) is 15.4. The predicted molar refractivity (Wildman–Crippen MR) is 85.3 cm³/mol. The van der Waals surface area contributed by atoms with E-state index in [2.05, 4.69) is 57.3 Å². The molecule has 1 N–H and O–H groups in total. The molecule has 0 aromatic heterocycles. The summed E-state index contributed by atoms with van der Waals surface area (Å²) in [5.74, 6) is 1.01. The van der Waals surface area contributed by atoms with E-state index in [1.165, 1.54) is 18.4 Å². The van der Waals surface area contributed by atoms with Gasteiger partial charge in [0.25, 0.3) is 0 Å². The number of likely N-dealkylation sites (N-methyl/N-ethyl adjacent to an activating group) is 1.